The molecular weight excluding hydrogens is 242 g/mol. The molecule has 5 nitrogen and oxygen atoms in total. The number of piperidine rings is 1. The van der Waals surface area contributed by atoms with Crippen molar-refractivity contribution in [2.24, 2.45) is 5.41 Å². The topological polar surface area (TPSA) is 77.2 Å². The van der Waals surface area contributed by atoms with Crippen LogP contribution in [0, 0.1) is 16.7 Å². The fraction of sp³-hybridized carbons (Fsp3) is 0.500. The second-order valence-corrected chi connectivity index (χ2v) is 4.97. The Balaban J connectivity index is 2.32. The summed E-state index contributed by atoms with van der Waals surface area (Å²) in [4.78, 5) is 17.6. The number of carbonyl (C=O) groups is 1. The average Bonchev–Trinajstić information content (AvgIpc) is 2.47. The summed E-state index contributed by atoms with van der Waals surface area (Å²) in [6.45, 7) is 3.13. The van der Waals surface area contributed by atoms with Crippen molar-refractivity contribution in [2.75, 3.05) is 18.0 Å². The van der Waals surface area contributed by atoms with Gasteiger partial charge in [-0.3, -0.25) is 9.78 Å². The number of carboxylic acid groups (broad SMARTS) is 1. The summed E-state index contributed by atoms with van der Waals surface area (Å²) < 4.78 is 0. The maximum absolute atomic E-state index is 11.5. The maximum Gasteiger partial charge on any atom is 0.311 e. The Hall–Kier alpha value is -2.09. The Morgan fingerprint density at radius 1 is 1.68 bits per heavy atom. The first-order chi connectivity index (χ1) is 9.13. The van der Waals surface area contributed by atoms with Gasteiger partial charge in [-0.2, -0.15) is 5.26 Å². The van der Waals surface area contributed by atoms with E-state index in [-0.39, 0.29) is 0 Å². The van der Waals surface area contributed by atoms with Gasteiger partial charge in [0.1, 0.15) is 6.07 Å². The van der Waals surface area contributed by atoms with Crippen LogP contribution in [0.25, 0.3) is 0 Å². The van der Waals surface area contributed by atoms with E-state index in [1.54, 1.807) is 18.5 Å². The first-order valence-electron chi connectivity index (χ1n) is 6.45. The number of nitrogens with zero attached hydrogens (tertiary/aromatic N) is 3. The molecule has 1 aliphatic heterocycles. The van der Waals surface area contributed by atoms with Crippen LogP contribution in [0.3, 0.4) is 0 Å². The van der Waals surface area contributed by atoms with E-state index in [4.69, 9.17) is 5.26 Å². The van der Waals surface area contributed by atoms with E-state index in [2.05, 4.69) is 11.1 Å². The number of anilines is 1. The largest absolute Gasteiger partial charge is 0.481 e. The summed E-state index contributed by atoms with van der Waals surface area (Å²) in [7, 11) is 0. The molecule has 0 radical (unpaired) electrons. The highest BCUT2D eigenvalue weighted by molar-refractivity contribution is 5.76. The summed E-state index contributed by atoms with van der Waals surface area (Å²) in [5.41, 5.74) is 0.581. The molecule has 1 atom stereocenters. The van der Waals surface area contributed by atoms with Crippen LogP contribution in [-0.2, 0) is 4.79 Å². The van der Waals surface area contributed by atoms with Crippen molar-refractivity contribution < 1.29 is 9.90 Å². The fourth-order valence-electron chi connectivity index (χ4n) is 2.68. The molecule has 1 saturated heterocycles. The molecule has 1 unspecified atom stereocenters. The van der Waals surface area contributed by atoms with Crippen molar-refractivity contribution in [3.8, 4) is 6.07 Å². The first kappa shape index (κ1) is 13.3. The molecule has 0 spiro atoms. The number of rotatable bonds is 3. The highest BCUT2D eigenvalue weighted by atomic mass is 16.4. The minimum Gasteiger partial charge on any atom is -0.481 e. The molecule has 19 heavy (non-hydrogen) atoms. The Bertz CT molecular complexity index is 524. The molecule has 5 heteroatoms. The monoisotopic (exact) mass is 259 g/mol. The van der Waals surface area contributed by atoms with Gasteiger partial charge in [-0.1, -0.05) is 6.92 Å². The summed E-state index contributed by atoms with van der Waals surface area (Å²) >= 11 is 0. The number of aliphatic carboxylic acids is 1. The molecule has 0 aliphatic carbocycles. The third-order valence-electron chi connectivity index (χ3n) is 3.97. The first-order valence-corrected chi connectivity index (χ1v) is 6.45. The zero-order chi connectivity index (χ0) is 13.9. The predicted molar refractivity (Wildman–Crippen MR) is 70.8 cm³/mol. The Kier molecular flexibility index (Phi) is 3.70. The maximum atomic E-state index is 11.5. The Morgan fingerprint density at radius 3 is 3.11 bits per heavy atom. The van der Waals surface area contributed by atoms with E-state index < -0.39 is 11.4 Å². The van der Waals surface area contributed by atoms with Gasteiger partial charge in [-0.25, -0.2) is 0 Å². The molecule has 2 rings (SSSR count). The number of carboxylic acids is 1. The number of aromatic nitrogens is 1. The van der Waals surface area contributed by atoms with E-state index in [1.165, 1.54) is 0 Å². The second-order valence-electron chi connectivity index (χ2n) is 4.97. The van der Waals surface area contributed by atoms with Crippen molar-refractivity contribution >= 4 is 11.7 Å². The lowest BCUT2D eigenvalue weighted by molar-refractivity contribution is -0.149. The molecule has 2 heterocycles. The highest BCUT2D eigenvalue weighted by Crippen LogP contribution is 2.36. The van der Waals surface area contributed by atoms with Crippen LogP contribution in [-0.4, -0.2) is 29.1 Å². The second kappa shape index (κ2) is 5.27. The third kappa shape index (κ3) is 2.39. The van der Waals surface area contributed by atoms with Gasteiger partial charge in [-0.15, -0.1) is 0 Å². The lowest BCUT2D eigenvalue weighted by atomic mass is 9.77. The molecule has 1 fully saturated rings. The van der Waals surface area contributed by atoms with Crippen molar-refractivity contribution in [2.45, 2.75) is 26.2 Å². The van der Waals surface area contributed by atoms with Gasteiger partial charge in [0.25, 0.3) is 0 Å². The molecule has 100 valence electrons. The van der Waals surface area contributed by atoms with Crippen LogP contribution >= 0.6 is 0 Å². The molecule has 1 aromatic rings. The molecule has 0 bridgehead atoms. The van der Waals surface area contributed by atoms with Crippen LogP contribution in [0.5, 0.6) is 0 Å². The van der Waals surface area contributed by atoms with Crippen molar-refractivity contribution in [3.63, 3.8) is 0 Å². The van der Waals surface area contributed by atoms with Crippen LogP contribution < -0.4 is 4.90 Å². The standard InChI is InChI=1S/C14H17N3O2/c1-2-14(13(18)19)5-3-7-17(10-14)12-9-16-6-4-11(12)8-15/h4,6,9H,2-3,5,7,10H2,1H3,(H,18,19). The molecule has 0 amide bonds. The average molecular weight is 259 g/mol. The molecule has 1 aromatic heterocycles. The quantitative estimate of drug-likeness (QED) is 0.898. The van der Waals surface area contributed by atoms with Crippen molar-refractivity contribution in [3.05, 3.63) is 24.0 Å². The van der Waals surface area contributed by atoms with Crippen molar-refractivity contribution in [1.29, 1.82) is 5.26 Å². The van der Waals surface area contributed by atoms with Gasteiger partial charge in [0, 0.05) is 19.3 Å². The number of hydrogen-bond acceptors (Lipinski definition) is 4. The zero-order valence-corrected chi connectivity index (χ0v) is 11.0. The van der Waals surface area contributed by atoms with E-state index in [0.717, 1.165) is 18.7 Å². The minimum absolute atomic E-state index is 0.444. The van der Waals surface area contributed by atoms with Gasteiger partial charge >= 0.3 is 5.97 Å². The Labute approximate surface area is 112 Å². The van der Waals surface area contributed by atoms with Crippen LogP contribution in [0.2, 0.25) is 0 Å². The van der Waals surface area contributed by atoms with Gasteiger partial charge in [0.15, 0.2) is 0 Å². The van der Waals surface area contributed by atoms with Gasteiger partial charge in [0.2, 0.25) is 0 Å². The van der Waals surface area contributed by atoms with Crippen LogP contribution in [0.15, 0.2) is 18.5 Å². The molecule has 0 saturated carbocycles. The third-order valence-corrected chi connectivity index (χ3v) is 3.97. The van der Waals surface area contributed by atoms with E-state index in [1.807, 2.05) is 11.8 Å². The van der Waals surface area contributed by atoms with E-state index in [9.17, 15) is 9.90 Å². The summed E-state index contributed by atoms with van der Waals surface area (Å²) in [5, 5.41) is 18.6. The normalized spacial score (nSPS) is 22.8. The summed E-state index contributed by atoms with van der Waals surface area (Å²) in [5.74, 6) is -0.748. The van der Waals surface area contributed by atoms with E-state index in [0.29, 0.717) is 24.9 Å². The van der Waals surface area contributed by atoms with Crippen LogP contribution in [0.1, 0.15) is 31.7 Å². The number of nitriles is 1. The van der Waals surface area contributed by atoms with Gasteiger partial charge in [0.05, 0.1) is 22.9 Å². The number of pyridine rings is 1. The van der Waals surface area contributed by atoms with Crippen LogP contribution in [0.4, 0.5) is 5.69 Å². The predicted octanol–water partition coefficient (Wildman–Crippen LogP) is 2.03. The lowest BCUT2D eigenvalue weighted by Gasteiger charge is -2.40. The van der Waals surface area contributed by atoms with E-state index >= 15 is 0 Å². The SMILES string of the molecule is CCC1(C(=O)O)CCCN(c2cnccc2C#N)C1. The van der Waals surface area contributed by atoms with Gasteiger partial charge < -0.3 is 10.0 Å². The summed E-state index contributed by atoms with van der Waals surface area (Å²) in [6.07, 6.45) is 5.33. The fourth-order valence-corrected chi connectivity index (χ4v) is 2.68. The molecule has 1 aliphatic rings. The molecular formula is C14H17N3O2. The Morgan fingerprint density at radius 2 is 2.47 bits per heavy atom. The minimum atomic E-state index is -0.748. The lowest BCUT2D eigenvalue weighted by Crippen LogP contribution is -2.47. The number of hydrogen-bond donors (Lipinski definition) is 1. The molecule has 1 N–H and O–H groups in total. The smallest absolute Gasteiger partial charge is 0.311 e. The van der Waals surface area contributed by atoms with Crippen molar-refractivity contribution in [1.82, 2.24) is 4.98 Å². The molecule has 0 aromatic carbocycles. The zero-order valence-electron chi connectivity index (χ0n) is 11.0. The van der Waals surface area contributed by atoms with Gasteiger partial charge in [-0.05, 0) is 25.3 Å². The highest BCUT2D eigenvalue weighted by Gasteiger charge is 2.41. The summed E-state index contributed by atoms with van der Waals surface area (Å²) in [6, 6.07) is 3.80.